The van der Waals surface area contributed by atoms with Crippen molar-refractivity contribution >= 4 is 12.1 Å². The smallest absolute Gasteiger partial charge is 0.434 e. The van der Waals surface area contributed by atoms with Crippen molar-refractivity contribution in [2.75, 3.05) is 6.61 Å². The first-order chi connectivity index (χ1) is 11.1. The van der Waals surface area contributed by atoms with Gasteiger partial charge in [0.15, 0.2) is 0 Å². The first-order valence-corrected chi connectivity index (χ1v) is 7.96. The largest absolute Gasteiger partial charge is 0.508 e. The van der Waals surface area contributed by atoms with E-state index in [0.717, 1.165) is 5.56 Å². The van der Waals surface area contributed by atoms with Crippen LogP contribution in [0.25, 0.3) is 0 Å². The lowest BCUT2D eigenvalue weighted by molar-refractivity contribution is -0.126. The molecule has 6 heteroatoms. The third-order valence-corrected chi connectivity index (χ3v) is 3.12. The SMILES string of the molecule is CC(O)(CCOC(=O)OC(C)(C)C)CC(=O)NCc1ccccc1. The maximum atomic E-state index is 11.9. The van der Waals surface area contributed by atoms with Gasteiger partial charge in [-0.05, 0) is 33.3 Å². The molecule has 1 aromatic carbocycles. The number of aliphatic hydroxyl groups is 1. The van der Waals surface area contributed by atoms with Crippen LogP contribution in [0.4, 0.5) is 4.79 Å². The van der Waals surface area contributed by atoms with Gasteiger partial charge in [-0.25, -0.2) is 4.79 Å². The zero-order chi connectivity index (χ0) is 18.2. The standard InChI is InChI=1S/C18H27NO5/c1-17(2,3)24-16(21)23-11-10-18(4,22)12-15(20)19-13-14-8-6-5-7-9-14/h5-9,22H,10-13H2,1-4H3,(H,19,20). The van der Waals surface area contributed by atoms with Gasteiger partial charge < -0.3 is 19.9 Å². The number of hydrogen-bond acceptors (Lipinski definition) is 5. The predicted molar refractivity (Wildman–Crippen MR) is 90.3 cm³/mol. The van der Waals surface area contributed by atoms with Crippen LogP contribution in [0.15, 0.2) is 30.3 Å². The van der Waals surface area contributed by atoms with Gasteiger partial charge in [0.1, 0.15) is 5.60 Å². The summed E-state index contributed by atoms with van der Waals surface area (Å²) in [7, 11) is 0. The van der Waals surface area contributed by atoms with Gasteiger partial charge in [-0.3, -0.25) is 4.79 Å². The molecule has 1 atom stereocenters. The van der Waals surface area contributed by atoms with Crippen LogP contribution < -0.4 is 5.32 Å². The van der Waals surface area contributed by atoms with Crippen LogP contribution in [0.3, 0.4) is 0 Å². The Balaban J connectivity index is 2.29. The van der Waals surface area contributed by atoms with Crippen molar-refractivity contribution in [3.8, 4) is 0 Å². The number of ether oxygens (including phenoxy) is 2. The Morgan fingerprint density at radius 2 is 1.75 bits per heavy atom. The molecule has 2 N–H and O–H groups in total. The number of amides is 1. The Labute approximate surface area is 143 Å². The number of benzene rings is 1. The monoisotopic (exact) mass is 337 g/mol. The Morgan fingerprint density at radius 3 is 2.33 bits per heavy atom. The summed E-state index contributed by atoms with van der Waals surface area (Å²) in [6.07, 6.45) is -0.713. The van der Waals surface area contributed by atoms with Crippen LogP contribution in [-0.2, 0) is 20.8 Å². The summed E-state index contributed by atoms with van der Waals surface area (Å²) in [4.78, 5) is 23.3. The first kappa shape index (κ1) is 20.0. The molecule has 0 aliphatic carbocycles. The molecule has 0 aromatic heterocycles. The molecule has 6 nitrogen and oxygen atoms in total. The van der Waals surface area contributed by atoms with Crippen molar-refractivity contribution in [3.63, 3.8) is 0 Å². The molecular weight excluding hydrogens is 310 g/mol. The van der Waals surface area contributed by atoms with E-state index in [1.807, 2.05) is 30.3 Å². The van der Waals surface area contributed by atoms with Crippen molar-refractivity contribution in [2.45, 2.75) is 58.3 Å². The molecule has 1 unspecified atom stereocenters. The zero-order valence-electron chi connectivity index (χ0n) is 14.8. The highest BCUT2D eigenvalue weighted by molar-refractivity contribution is 5.76. The summed E-state index contributed by atoms with van der Waals surface area (Å²) < 4.78 is 9.91. The van der Waals surface area contributed by atoms with E-state index in [9.17, 15) is 14.7 Å². The highest BCUT2D eigenvalue weighted by Crippen LogP contribution is 2.15. The van der Waals surface area contributed by atoms with E-state index < -0.39 is 17.4 Å². The van der Waals surface area contributed by atoms with Crippen LogP contribution >= 0.6 is 0 Å². The van der Waals surface area contributed by atoms with E-state index in [2.05, 4.69) is 5.32 Å². The van der Waals surface area contributed by atoms with Crippen molar-refractivity contribution < 1.29 is 24.2 Å². The normalized spacial score (nSPS) is 13.7. The number of carbonyl (C=O) groups is 2. The Bertz CT molecular complexity index is 534. The predicted octanol–water partition coefficient (Wildman–Crippen LogP) is 2.79. The quantitative estimate of drug-likeness (QED) is 0.747. The van der Waals surface area contributed by atoms with E-state index in [1.54, 1.807) is 20.8 Å². The lowest BCUT2D eigenvalue weighted by atomic mass is 9.98. The van der Waals surface area contributed by atoms with Gasteiger partial charge in [0.2, 0.25) is 5.91 Å². The third kappa shape index (κ3) is 9.15. The minimum atomic E-state index is -1.26. The molecule has 1 rings (SSSR count). The van der Waals surface area contributed by atoms with Crippen molar-refractivity contribution in [3.05, 3.63) is 35.9 Å². The maximum absolute atomic E-state index is 11.9. The van der Waals surface area contributed by atoms with E-state index in [4.69, 9.17) is 9.47 Å². The number of carbonyl (C=O) groups excluding carboxylic acids is 2. The van der Waals surface area contributed by atoms with Gasteiger partial charge in [-0.2, -0.15) is 0 Å². The fourth-order valence-corrected chi connectivity index (χ4v) is 1.93. The lowest BCUT2D eigenvalue weighted by Gasteiger charge is -2.23. The summed E-state index contributed by atoms with van der Waals surface area (Å²) >= 11 is 0. The van der Waals surface area contributed by atoms with Crippen molar-refractivity contribution in [1.82, 2.24) is 5.32 Å². The Morgan fingerprint density at radius 1 is 1.12 bits per heavy atom. The fraction of sp³-hybridized carbons (Fsp3) is 0.556. The first-order valence-electron chi connectivity index (χ1n) is 7.96. The molecule has 0 aliphatic heterocycles. The second kappa shape index (κ2) is 8.68. The fourth-order valence-electron chi connectivity index (χ4n) is 1.93. The maximum Gasteiger partial charge on any atom is 0.508 e. The zero-order valence-corrected chi connectivity index (χ0v) is 14.8. The third-order valence-electron chi connectivity index (χ3n) is 3.12. The molecule has 1 aromatic rings. The molecule has 0 aliphatic rings. The molecule has 0 radical (unpaired) electrons. The summed E-state index contributed by atoms with van der Waals surface area (Å²) in [6.45, 7) is 7.13. The van der Waals surface area contributed by atoms with E-state index >= 15 is 0 Å². The number of nitrogens with one attached hydrogen (secondary N) is 1. The highest BCUT2D eigenvalue weighted by Gasteiger charge is 2.25. The van der Waals surface area contributed by atoms with Gasteiger partial charge in [0.05, 0.1) is 18.6 Å². The lowest BCUT2D eigenvalue weighted by Crippen LogP contribution is -2.35. The van der Waals surface area contributed by atoms with Crippen LogP contribution in [0, 0.1) is 0 Å². The van der Waals surface area contributed by atoms with Gasteiger partial charge in [-0.15, -0.1) is 0 Å². The van der Waals surface area contributed by atoms with Gasteiger partial charge >= 0.3 is 6.16 Å². The van der Waals surface area contributed by atoms with Gasteiger partial charge in [0.25, 0.3) is 0 Å². The molecule has 0 fully saturated rings. The summed E-state index contributed by atoms with van der Waals surface area (Å²) in [5, 5.41) is 13.0. The molecule has 0 bridgehead atoms. The highest BCUT2D eigenvalue weighted by atomic mass is 16.7. The second-order valence-corrected chi connectivity index (χ2v) is 7.00. The van der Waals surface area contributed by atoms with Crippen LogP contribution in [0.1, 0.15) is 46.1 Å². The van der Waals surface area contributed by atoms with Crippen molar-refractivity contribution in [2.24, 2.45) is 0 Å². The summed E-state index contributed by atoms with van der Waals surface area (Å²) in [5.41, 5.74) is -0.904. The average molecular weight is 337 g/mol. The van der Waals surface area contributed by atoms with E-state index in [-0.39, 0.29) is 25.4 Å². The van der Waals surface area contributed by atoms with Crippen LogP contribution in [0.5, 0.6) is 0 Å². The molecular formula is C18H27NO5. The second-order valence-electron chi connectivity index (χ2n) is 7.00. The molecule has 0 heterocycles. The molecule has 0 spiro atoms. The topological polar surface area (TPSA) is 84.9 Å². The van der Waals surface area contributed by atoms with E-state index in [1.165, 1.54) is 6.92 Å². The molecule has 0 saturated heterocycles. The van der Waals surface area contributed by atoms with Gasteiger partial charge in [0, 0.05) is 13.0 Å². The minimum absolute atomic E-state index is 0.0200. The number of rotatable bonds is 7. The average Bonchev–Trinajstić information content (AvgIpc) is 2.43. The Hall–Kier alpha value is -2.08. The summed E-state index contributed by atoms with van der Waals surface area (Å²) in [6, 6.07) is 9.51. The van der Waals surface area contributed by atoms with Crippen molar-refractivity contribution in [1.29, 1.82) is 0 Å². The molecule has 0 saturated carbocycles. The minimum Gasteiger partial charge on any atom is -0.434 e. The summed E-state index contributed by atoms with van der Waals surface area (Å²) in [5.74, 6) is -0.263. The molecule has 134 valence electrons. The van der Waals surface area contributed by atoms with Crippen LogP contribution in [0.2, 0.25) is 0 Å². The van der Waals surface area contributed by atoms with E-state index in [0.29, 0.717) is 6.54 Å². The molecule has 24 heavy (non-hydrogen) atoms. The number of hydrogen-bond donors (Lipinski definition) is 2. The molecule has 1 amide bonds. The van der Waals surface area contributed by atoms with Crippen LogP contribution in [-0.4, -0.2) is 35.0 Å². The van der Waals surface area contributed by atoms with Gasteiger partial charge in [-0.1, -0.05) is 30.3 Å². The Kier molecular flexibility index (Phi) is 7.22.